The molecule has 1 N–H and O–H groups in total. The third kappa shape index (κ3) is 6.22. The first-order valence-electron chi connectivity index (χ1n) is 9.33. The van der Waals surface area contributed by atoms with Crippen molar-refractivity contribution in [1.29, 1.82) is 0 Å². The Hall–Kier alpha value is -3.08. The number of thioether (sulfide) groups is 1. The molecule has 1 unspecified atom stereocenters. The monoisotopic (exact) mass is 471 g/mol. The Morgan fingerprint density at radius 2 is 1.78 bits per heavy atom. The number of rotatable bonds is 8. The molecule has 0 spiro atoms. The summed E-state index contributed by atoms with van der Waals surface area (Å²) >= 11 is 0.824. The lowest BCUT2D eigenvalue weighted by atomic mass is 10.2. The molecule has 0 aliphatic rings. The smallest absolute Gasteiger partial charge is 0.406 e. The topological polar surface area (TPSA) is 56.2 Å². The van der Waals surface area contributed by atoms with Gasteiger partial charge in [-0.05, 0) is 24.6 Å². The first-order chi connectivity index (χ1) is 15.1. The van der Waals surface area contributed by atoms with Crippen molar-refractivity contribution in [2.75, 3.05) is 5.32 Å². The summed E-state index contributed by atoms with van der Waals surface area (Å²) in [4.78, 5) is 16.7. The second kappa shape index (κ2) is 10.0. The second-order valence-corrected chi connectivity index (χ2v) is 7.93. The minimum Gasteiger partial charge on any atom is -0.433 e. The average molecular weight is 471 g/mol. The Morgan fingerprint density at radius 1 is 1.12 bits per heavy atom. The number of hydrogen-bond acceptors (Lipinski definition) is 4. The number of benzene rings is 2. The Labute approximate surface area is 184 Å². The Morgan fingerprint density at radius 3 is 2.44 bits per heavy atom. The molecule has 32 heavy (non-hydrogen) atoms. The predicted molar refractivity (Wildman–Crippen MR) is 111 cm³/mol. The summed E-state index contributed by atoms with van der Waals surface area (Å²) in [5, 5.41) is 1.58. The largest absolute Gasteiger partial charge is 0.433 e. The zero-order valence-electron chi connectivity index (χ0n) is 16.6. The number of amides is 1. The number of hydrogen-bond donors (Lipinski definition) is 1. The van der Waals surface area contributed by atoms with Crippen molar-refractivity contribution in [2.24, 2.45) is 0 Å². The highest BCUT2D eigenvalue weighted by atomic mass is 32.2. The number of ether oxygens (including phenoxy) is 1. The van der Waals surface area contributed by atoms with E-state index in [1.165, 1.54) is 37.4 Å². The number of alkyl halides is 5. The van der Waals surface area contributed by atoms with Crippen LogP contribution < -0.4 is 10.1 Å². The summed E-state index contributed by atoms with van der Waals surface area (Å²) < 4.78 is 70.1. The molecule has 0 saturated carbocycles. The van der Waals surface area contributed by atoms with Crippen LogP contribution in [0.15, 0.2) is 66.0 Å². The summed E-state index contributed by atoms with van der Waals surface area (Å²) in [6, 6.07) is 14.1. The minimum absolute atomic E-state index is 0.000874. The predicted octanol–water partition coefficient (Wildman–Crippen LogP) is 5.83. The number of halogens is 5. The standard InChI is InChI=1S/C21H18F5N3O2S/c1-13(18(30)28-15-9-5-6-10-17(15)31-19(22)23)32-20-27-11-16(14-7-3-2-4-8-14)29(20)12-21(24,25)26/h2-11,13,19H,12H2,1H3,(H,28,30). The number of carbonyl (C=O) groups excluding carboxylic acids is 1. The van der Waals surface area contributed by atoms with Crippen molar-refractivity contribution < 1.29 is 31.5 Å². The van der Waals surface area contributed by atoms with Crippen molar-refractivity contribution >= 4 is 23.4 Å². The lowest BCUT2D eigenvalue weighted by Gasteiger charge is -2.17. The summed E-state index contributed by atoms with van der Waals surface area (Å²) in [5.41, 5.74) is 0.828. The third-order valence-corrected chi connectivity index (χ3v) is 5.34. The van der Waals surface area contributed by atoms with Crippen LogP contribution in [0.3, 0.4) is 0 Å². The second-order valence-electron chi connectivity index (χ2n) is 6.62. The van der Waals surface area contributed by atoms with Crippen LogP contribution in [0.1, 0.15) is 6.92 Å². The fraction of sp³-hybridized carbons (Fsp3) is 0.238. The van der Waals surface area contributed by atoms with E-state index < -0.39 is 30.5 Å². The third-order valence-electron chi connectivity index (χ3n) is 4.24. The Kier molecular flexibility index (Phi) is 7.39. The van der Waals surface area contributed by atoms with Crippen molar-refractivity contribution in [1.82, 2.24) is 9.55 Å². The van der Waals surface area contributed by atoms with E-state index in [9.17, 15) is 26.7 Å². The van der Waals surface area contributed by atoms with Gasteiger partial charge in [0.15, 0.2) is 5.16 Å². The van der Waals surface area contributed by atoms with Gasteiger partial charge in [0.25, 0.3) is 0 Å². The molecule has 3 rings (SSSR count). The Bertz CT molecular complexity index is 1060. The van der Waals surface area contributed by atoms with E-state index in [0.717, 1.165) is 16.3 Å². The van der Waals surface area contributed by atoms with Gasteiger partial charge in [-0.15, -0.1) is 0 Å². The van der Waals surface area contributed by atoms with Crippen LogP contribution in [0.4, 0.5) is 27.6 Å². The molecule has 0 fully saturated rings. The highest BCUT2D eigenvalue weighted by molar-refractivity contribution is 8.00. The lowest BCUT2D eigenvalue weighted by molar-refractivity contribution is -0.141. The minimum atomic E-state index is -4.50. The van der Waals surface area contributed by atoms with Gasteiger partial charge in [-0.25, -0.2) is 4.98 Å². The summed E-state index contributed by atoms with van der Waals surface area (Å²) in [7, 11) is 0. The molecule has 1 atom stereocenters. The van der Waals surface area contributed by atoms with E-state index in [2.05, 4.69) is 15.0 Å². The molecular formula is C21H18F5N3O2S. The molecule has 0 saturated heterocycles. The Balaban J connectivity index is 1.81. The van der Waals surface area contributed by atoms with E-state index in [0.29, 0.717) is 5.56 Å². The summed E-state index contributed by atoms with van der Waals surface area (Å²) in [6.07, 6.45) is -3.18. The quantitative estimate of drug-likeness (QED) is 0.332. The van der Waals surface area contributed by atoms with Crippen molar-refractivity contribution in [3.8, 4) is 17.0 Å². The zero-order chi connectivity index (χ0) is 23.3. The van der Waals surface area contributed by atoms with E-state index in [1.54, 1.807) is 30.3 Å². The van der Waals surface area contributed by atoms with E-state index in [1.807, 2.05) is 0 Å². The van der Waals surface area contributed by atoms with Gasteiger partial charge in [-0.2, -0.15) is 22.0 Å². The van der Waals surface area contributed by atoms with Gasteiger partial charge in [0.1, 0.15) is 12.3 Å². The van der Waals surface area contributed by atoms with Gasteiger partial charge in [0, 0.05) is 0 Å². The van der Waals surface area contributed by atoms with Crippen LogP contribution in [0, 0.1) is 0 Å². The van der Waals surface area contributed by atoms with Crippen LogP contribution >= 0.6 is 11.8 Å². The van der Waals surface area contributed by atoms with Crippen LogP contribution in [-0.2, 0) is 11.3 Å². The number of anilines is 1. The normalized spacial score (nSPS) is 12.6. The lowest BCUT2D eigenvalue weighted by Crippen LogP contribution is -2.24. The number of imidazole rings is 1. The zero-order valence-corrected chi connectivity index (χ0v) is 17.5. The molecule has 170 valence electrons. The number of nitrogens with one attached hydrogen (secondary N) is 1. The van der Waals surface area contributed by atoms with Crippen LogP contribution in [0.5, 0.6) is 5.75 Å². The number of carbonyl (C=O) groups is 1. The van der Waals surface area contributed by atoms with Gasteiger partial charge >= 0.3 is 12.8 Å². The first-order valence-corrected chi connectivity index (χ1v) is 10.2. The molecule has 11 heteroatoms. The maximum absolute atomic E-state index is 13.2. The molecule has 3 aromatic rings. The molecular weight excluding hydrogens is 453 g/mol. The van der Waals surface area contributed by atoms with E-state index in [-0.39, 0.29) is 22.3 Å². The van der Waals surface area contributed by atoms with Crippen molar-refractivity contribution in [2.45, 2.75) is 36.7 Å². The highest BCUT2D eigenvalue weighted by Crippen LogP contribution is 2.33. The fourth-order valence-corrected chi connectivity index (χ4v) is 3.72. The van der Waals surface area contributed by atoms with Gasteiger partial charge < -0.3 is 14.6 Å². The maximum atomic E-state index is 13.2. The molecule has 0 bridgehead atoms. The van der Waals surface area contributed by atoms with Gasteiger partial charge in [-0.3, -0.25) is 4.79 Å². The molecule has 1 amide bonds. The number of aromatic nitrogens is 2. The average Bonchev–Trinajstić information content (AvgIpc) is 3.10. The van der Waals surface area contributed by atoms with Crippen LogP contribution in [-0.4, -0.2) is 33.5 Å². The van der Waals surface area contributed by atoms with Gasteiger partial charge in [-0.1, -0.05) is 54.2 Å². The molecule has 2 aromatic carbocycles. The van der Waals surface area contributed by atoms with Crippen LogP contribution in [0.25, 0.3) is 11.3 Å². The van der Waals surface area contributed by atoms with E-state index >= 15 is 0 Å². The van der Waals surface area contributed by atoms with Gasteiger partial charge in [0.05, 0.1) is 22.8 Å². The SMILES string of the molecule is CC(Sc1ncc(-c2ccccc2)n1CC(F)(F)F)C(=O)Nc1ccccc1OC(F)F. The molecule has 1 heterocycles. The molecule has 0 aliphatic heterocycles. The fourth-order valence-electron chi connectivity index (χ4n) is 2.84. The summed E-state index contributed by atoms with van der Waals surface area (Å²) in [5.74, 6) is -0.832. The molecule has 5 nitrogen and oxygen atoms in total. The van der Waals surface area contributed by atoms with Crippen molar-refractivity contribution in [3.05, 3.63) is 60.8 Å². The van der Waals surface area contributed by atoms with Crippen molar-refractivity contribution in [3.63, 3.8) is 0 Å². The molecule has 0 aliphatic carbocycles. The van der Waals surface area contributed by atoms with Gasteiger partial charge in [0.2, 0.25) is 5.91 Å². The molecule has 0 radical (unpaired) electrons. The van der Waals surface area contributed by atoms with Crippen LogP contribution in [0.2, 0.25) is 0 Å². The number of para-hydroxylation sites is 2. The maximum Gasteiger partial charge on any atom is 0.406 e. The molecule has 1 aromatic heterocycles. The first kappa shape index (κ1) is 23.6. The number of nitrogens with zero attached hydrogens (tertiary/aromatic N) is 2. The highest BCUT2D eigenvalue weighted by Gasteiger charge is 2.31. The summed E-state index contributed by atoms with van der Waals surface area (Å²) in [6.45, 7) is -2.88. The van der Waals surface area contributed by atoms with E-state index in [4.69, 9.17) is 0 Å².